The summed E-state index contributed by atoms with van der Waals surface area (Å²) in [6.45, 7) is 0. The van der Waals surface area contributed by atoms with Crippen molar-refractivity contribution in [3.8, 4) is 0 Å². The number of rotatable bonds is 2. The van der Waals surface area contributed by atoms with Gasteiger partial charge in [0.25, 0.3) is 0 Å². The third-order valence-electron chi connectivity index (χ3n) is 3.41. The number of primary sulfonamides is 1. The molecule has 1 atom stereocenters. The van der Waals surface area contributed by atoms with Crippen molar-refractivity contribution < 1.29 is 16.8 Å². The highest BCUT2D eigenvalue weighted by atomic mass is 79.9. The van der Waals surface area contributed by atoms with Crippen LogP contribution in [-0.4, -0.2) is 16.8 Å². The Bertz CT molecular complexity index is 1020. The molecule has 2 aromatic carbocycles. The molecule has 0 spiro atoms. The Morgan fingerprint density at radius 3 is 2.38 bits per heavy atom. The molecule has 0 amide bonds. The monoisotopic (exact) mass is 451 g/mol. The molecule has 4 N–H and O–H groups in total. The molecule has 0 saturated carbocycles. The van der Waals surface area contributed by atoms with Crippen LogP contribution < -0.4 is 15.2 Å². The molecular formula is C13H11BrClN3O4S2. The van der Waals surface area contributed by atoms with Gasteiger partial charge in [-0.2, -0.15) is 4.72 Å². The summed E-state index contributed by atoms with van der Waals surface area (Å²) in [4.78, 5) is -0.679. The summed E-state index contributed by atoms with van der Waals surface area (Å²) in [5.41, 5.74) is 0.873. The Morgan fingerprint density at radius 2 is 1.79 bits per heavy atom. The van der Waals surface area contributed by atoms with Crippen molar-refractivity contribution in [2.45, 2.75) is 16.0 Å². The Labute approximate surface area is 152 Å². The molecule has 1 heterocycles. The van der Waals surface area contributed by atoms with Gasteiger partial charge < -0.3 is 5.32 Å². The molecule has 0 aromatic heterocycles. The summed E-state index contributed by atoms with van der Waals surface area (Å²) in [6.07, 6.45) is -0.716. The van der Waals surface area contributed by atoms with Gasteiger partial charge in [0.2, 0.25) is 20.0 Å². The standard InChI is InChI=1S/C13H11BrClN3O4S2/c14-8-3-1-7(2-4-8)13-17-10-5-9(15)11(23(16,19)20)6-12(10)24(21,22)18-13/h1-6,13,17-18H,(H2,16,19,20)/t13-/m1/s1. The van der Waals surface area contributed by atoms with Crippen LogP contribution in [0.5, 0.6) is 0 Å². The van der Waals surface area contributed by atoms with Crippen molar-refractivity contribution in [1.29, 1.82) is 0 Å². The lowest BCUT2D eigenvalue weighted by molar-refractivity contribution is 0.562. The molecule has 3 rings (SSSR count). The van der Waals surface area contributed by atoms with E-state index in [0.29, 0.717) is 5.56 Å². The van der Waals surface area contributed by atoms with Crippen LogP contribution in [0.15, 0.2) is 50.7 Å². The summed E-state index contributed by atoms with van der Waals surface area (Å²) < 4.78 is 51.3. The highest BCUT2D eigenvalue weighted by Crippen LogP contribution is 2.36. The van der Waals surface area contributed by atoms with E-state index in [0.717, 1.165) is 10.5 Å². The Kier molecular flexibility index (Phi) is 4.39. The maximum atomic E-state index is 12.5. The first-order valence-corrected chi connectivity index (χ1v) is 10.7. The van der Waals surface area contributed by atoms with Crippen molar-refractivity contribution in [1.82, 2.24) is 4.72 Å². The van der Waals surface area contributed by atoms with Crippen molar-refractivity contribution in [2.75, 3.05) is 5.32 Å². The number of hydrogen-bond donors (Lipinski definition) is 3. The van der Waals surface area contributed by atoms with Gasteiger partial charge in [0, 0.05) is 4.47 Å². The molecule has 0 saturated heterocycles. The van der Waals surface area contributed by atoms with Crippen LogP contribution in [0.4, 0.5) is 5.69 Å². The average molecular weight is 453 g/mol. The fourth-order valence-electron chi connectivity index (χ4n) is 2.30. The first kappa shape index (κ1) is 17.6. The molecule has 1 aliphatic heterocycles. The molecular weight excluding hydrogens is 442 g/mol. The average Bonchev–Trinajstić information content (AvgIpc) is 2.45. The molecule has 7 nitrogen and oxygen atoms in total. The second kappa shape index (κ2) is 5.97. The van der Waals surface area contributed by atoms with E-state index in [-0.39, 0.29) is 15.6 Å². The van der Waals surface area contributed by atoms with Crippen LogP contribution >= 0.6 is 27.5 Å². The lowest BCUT2D eigenvalue weighted by Gasteiger charge is -2.29. The van der Waals surface area contributed by atoms with Crippen molar-refractivity contribution in [3.05, 3.63) is 51.5 Å². The van der Waals surface area contributed by atoms with E-state index in [1.807, 2.05) is 0 Å². The van der Waals surface area contributed by atoms with Crippen molar-refractivity contribution in [3.63, 3.8) is 0 Å². The summed E-state index contributed by atoms with van der Waals surface area (Å²) in [6, 6.07) is 9.22. The van der Waals surface area contributed by atoms with Gasteiger partial charge in [-0.25, -0.2) is 22.0 Å². The zero-order chi connectivity index (χ0) is 17.7. The second-order valence-electron chi connectivity index (χ2n) is 5.07. The van der Waals surface area contributed by atoms with Gasteiger partial charge in [-0.05, 0) is 29.8 Å². The SMILES string of the molecule is NS(=O)(=O)c1cc2c(cc1Cl)N[C@@H](c1ccc(Br)cc1)NS2(=O)=O. The highest BCUT2D eigenvalue weighted by molar-refractivity contribution is 9.10. The van der Waals surface area contributed by atoms with E-state index in [9.17, 15) is 16.8 Å². The van der Waals surface area contributed by atoms with E-state index in [1.54, 1.807) is 24.3 Å². The maximum absolute atomic E-state index is 12.5. The number of nitrogens with two attached hydrogens (primary N) is 1. The van der Waals surface area contributed by atoms with Crippen LogP contribution in [0, 0.1) is 0 Å². The van der Waals surface area contributed by atoms with Crippen LogP contribution in [0.3, 0.4) is 0 Å². The molecule has 0 unspecified atom stereocenters. The molecule has 1 aliphatic rings. The number of anilines is 1. The largest absolute Gasteiger partial charge is 0.364 e. The van der Waals surface area contributed by atoms with Crippen LogP contribution in [0.25, 0.3) is 0 Å². The number of fused-ring (bicyclic) bond motifs is 1. The first-order valence-electron chi connectivity index (χ1n) is 6.48. The number of nitrogens with one attached hydrogen (secondary N) is 2. The number of hydrogen-bond acceptors (Lipinski definition) is 5. The fourth-order valence-corrected chi connectivity index (χ4v) is 5.05. The van der Waals surface area contributed by atoms with Gasteiger partial charge >= 0.3 is 0 Å². The molecule has 2 aromatic rings. The molecule has 0 radical (unpaired) electrons. The van der Waals surface area contributed by atoms with Crippen molar-refractivity contribution >= 4 is 53.3 Å². The third kappa shape index (κ3) is 3.30. The lowest BCUT2D eigenvalue weighted by Crippen LogP contribution is -2.38. The summed E-state index contributed by atoms with van der Waals surface area (Å²) in [7, 11) is -8.10. The molecule has 0 fully saturated rings. The normalized spacial score (nSPS) is 19.4. The van der Waals surface area contributed by atoms with Gasteiger partial charge in [0.15, 0.2) is 0 Å². The Morgan fingerprint density at radius 1 is 1.17 bits per heavy atom. The summed E-state index contributed by atoms with van der Waals surface area (Å²) >= 11 is 9.24. The lowest BCUT2D eigenvalue weighted by atomic mass is 10.1. The smallest absolute Gasteiger partial charge is 0.244 e. The van der Waals surface area contributed by atoms with Gasteiger partial charge in [0.05, 0.1) is 10.7 Å². The van der Waals surface area contributed by atoms with Gasteiger partial charge in [0.1, 0.15) is 16.0 Å². The molecule has 128 valence electrons. The summed E-state index contributed by atoms with van der Waals surface area (Å²) in [5, 5.41) is 7.88. The zero-order valence-corrected chi connectivity index (χ0v) is 15.8. The van der Waals surface area contributed by atoms with E-state index in [2.05, 4.69) is 26.0 Å². The topological polar surface area (TPSA) is 118 Å². The van der Waals surface area contributed by atoms with Gasteiger partial charge in [-0.15, -0.1) is 0 Å². The molecule has 24 heavy (non-hydrogen) atoms. The number of sulfonamides is 2. The van der Waals surface area contributed by atoms with Gasteiger partial charge in [-0.1, -0.05) is 39.7 Å². The Hall–Kier alpha value is -1.17. The molecule has 11 heteroatoms. The minimum Gasteiger partial charge on any atom is -0.364 e. The van der Waals surface area contributed by atoms with E-state index < -0.39 is 31.1 Å². The van der Waals surface area contributed by atoms with Crippen LogP contribution in [-0.2, 0) is 20.0 Å². The first-order chi connectivity index (χ1) is 11.1. The zero-order valence-electron chi connectivity index (χ0n) is 11.8. The van der Waals surface area contributed by atoms with Crippen molar-refractivity contribution in [2.24, 2.45) is 5.14 Å². The third-order valence-corrected chi connectivity index (χ3v) is 6.77. The highest BCUT2D eigenvalue weighted by Gasteiger charge is 2.32. The van der Waals surface area contributed by atoms with E-state index >= 15 is 0 Å². The molecule has 0 bridgehead atoms. The predicted molar refractivity (Wildman–Crippen MR) is 93.7 cm³/mol. The maximum Gasteiger partial charge on any atom is 0.244 e. The van der Waals surface area contributed by atoms with E-state index in [1.165, 1.54) is 6.07 Å². The quantitative estimate of drug-likeness (QED) is 0.645. The number of halogens is 2. The number of benzene rings is 2. The van der Waals surface area contributed by atoms with Crippen LogP contribution in [0.2, 0.25) is 5.02 Å². The summed E-state index contributed by atoms with van der Waals surface area (Å²) in [5.74, 6) is 0. The minimum atomic E-state index is -4.14. The second-order valence-corrected chi connectivity index (χ2v) is 9.61. The minimum absolute atomic E-state index is 0.157. The molecule has 0 aliphatic carbocycles. The Balaban J connectivity index is 2.12. The van der Waals surface area contributed by atoms with E-state index in [4.69, 9.17) is 16.7 Å². The van der Waals surface area contributed by atoms with Crippen LogP contribution in [0.1, 0.15) is 11.7 Å². The fraction of sp³-hybridized carbons (Fsp3) is 0.0769. The predicted octanol–water partition coefficient (Wildman–Crippen LogP) is 2.15. The van der Waals surface area contributed by atoms with Gasteiger partial charge in [-0.3, -0.25) is 0 Å².